The fourth-order valence-electron chi connectivity index (χ4n) is 3.12. The van der Waals surface area contributed by atoms with Gasteiger partial charge in [0.15, 0.2) is 11.2 Å². The number of rotatable bonds is 6. The summed E-state index contributed by atoms with van der Waals surface area (Å²) in [6.45, 7) is 6.51. The van der Waals surface area contributed by atoms with E-state index in [9.17, 15) is 9.59 Å². The van der Waals surface area contributed by atoms with Crippen LogP contribution in [0.1, 0.15) is 28.4 Å². The van der Waals surface area contributed by atoms with E-state index in [1.807, 2.05) is 45.3 Å². The number of nitrogens with zero attached hydrogens (tertiary/aromatic N) is 1. The molecule has 0 radical (unpaired) electrons. The highest BCUT2D eigenvalue weighted by atomic mass is 16.5. The summed E-state index contributed by atoms with van der Waals surface area (Å²) in [6, 6.07) is 11.0. The minimum atomic E-state index is -0.128. The quantitative estimate of drug-likeness (QED) is 0.600. The summed E-state index contributed by atoms with van der Waals surface area (Å²) < 4.78 is 11.8. The van der Waals surface area contributed by atoms with Crippen LogP contribution in [0.5, 0.6) is 5.75 Å². The van der Waals surface area contributed by atoms with E-state index in [2.05, 4.69) is 4.90 Å². The van der Waals surface area contributed by atoms with E-state index >= 15 is 0 Å². The van der Waals surface area contributed by atoms with Crippen LogP contribution in [0.2, 0.25) is 0 Å². The van der Waals surface area contributed by atoms with Crippen molar-refractivity contribution in [3.63, 3.8) is 0 Å². The molecule has 1 heterocycles. The standard InChI is InChI=1S/C23H25NO4/c1-14-12-19(16(3)25)23-20(13-14)21(26)15(2)22(28-23)17-6-8-18(9-7-17)27-11-10-24(4)5/h6-9,12-13H,10-11H2,1-5H3. The van der Waals surface area contributed by atoms with Crippen molar-refractivity contribution >= 4 is 16.8 Å². The van der Waals surface area contributed by atoms with Gasteiger partial charge < -0.3 is 14.1 Å². The van der Waals surface area contributed by atoms with Gasteiger partial charge in [0.05, 0.1) is 10.9 Å². The van der Waals surface area contributed by atoms with E-state index in [1.165, 1.54) is 6.92 Å². The third kappa shape index (κ3) is 3.99. The van der Waals surface area contributed by atoms with E-state index in [0.29, 0.717) is 34.5 Å². The average molecular weight is 379 g/mol. The first-order chi connectivity index (χ1) is 13.3. The molecule has 3 aromatic rings. The van der Waals surface area contributed by atoms with Crippen molar-refractivity contribution in [2.45, 2.75) is 20.8 Å². The number of carbonyl (C=O) groups excluding carboxylic acids is 1. The Morgan fingerprint density at radius 2 is 1.79 bits per heavy atom. The van der Waals surface area contributed by atoms with E-state index in [0.717, 1.165) is 23.4 Å². The van der Waals surface area contributed by atoms with Gasteiger partial charge in [0.25, 0.3) is 0 Å². The minimum absolute atomic E-state index is 0.117. The lowest BCUT2D eigenvalue weighted by Crippen LogP contribution is -2.19. The first-order valence-corrected chi connectivity index (χ1v) is 9.25. The fraction of sp³-hybridized carbons (Fsp3) is 0.304. The monoisotopic (exact) mass is 379 g/mol. The predicted molar refractivity (Wildman–Crippen MR) is 111 cm³/mol. The molecule has 0 amide bonds. The molecule has 0 unspecified atom stereocenters. The van der Waals surface area contributed by atoms with Gasteiger partial charge in [-0.25, -0.2) is 0 Å². The summed E-state index contributed by atoms with van der Waals surface area (Å²) in [5.74, 6) is 1.10. The first-order valence-electron chi connectivity index (χ1n) is 9.25. The first kappa shape index (κ1) is 19.8. The van der Waals surface area contributed by atoms with Crippen LogP contribution < -0.4 is 10.2 Å². The maximum absolute atomic E-state index is 12.9. The van der Waals surface area contributed by atoms with E-state index in [1.54, 1.807) is 19.1 Å². The second kappa shape index (κ2) is 7.98. The summed E-state index contributed by atoms with van der Waals surface area (Å²) in [4.78, 5) is 27.0. The van der Waals surface area contributed by atoms with Gasteiger partial charge in [-0.05, 0) is 76.8 Å². The van der Waals surface area contributed by atoms with Crippen molar-refractivity contribution in [2.75, 3.05) is 27.2 Å². The zero-order valence-corrected chi connectivity index (χ0v) is 17.0. The van der Waals surface area contributed by atoms with Crippen LogP contribution in [0.25, 0.3) is 22.3 Å². The van der Waals surface area contributed by atoms with E-state index in [-0.39, 0.29) is 11.2 Å². The lowest BCUT2D eigenvalue weighted by Gasteiger charge is -2.12. The van der Waals surface area contributed by atoms with Gasteiger partial charge in [0, 0.05) is 17.7 Å². The lowest BCUT2D eigenvalue weighted by atomic mass is 10.0. The van der Waals surface area contributed by atoms with Crippen LogP contribution in [-0.4, -0.2) is 37.9 Å². The molecule has 0 saturated carbocycles. The van der Waals surface area contributed by atoms with Crippen molar-refractivity contribution in [1.29, 1.82) is 0 Å². The number of hydrogen-bond acceptors (Lipinski definition) is 5. The number of fused-ring (bicyclic) bond motifs is 1. The molecule has 0 aliphatic rings. The van der Waals surface area contributed by atoms with E-state index in [4.69, 9.17) is 9.15 Å². The number of carbonyl (C=O) groups is 1. The number of hydrogen-bond donors (Lipinski definition) is 0. The number of Topliss-reactive ketones (excluding diaryl/α,β-unsaturated/α-hetero) is 1. The summed E-state index contributed by atoms with van der Waals surface area (Å²) in [5.41, 5.74) is 2.80. The molecular formula is C23H25NO4. The molecule has 0 aliphatic heterocycles. The van der Waals surface area contributed by atoms with Gasteiger partial charge in [-0.15, -0.1) is 0 Å². The second-order valence-corrected chi connectivity index (χ2v) is 7.31. The molecule has 0 aliphatic carbocycles. The summed E-state index contributed by atoms with van der Waals surface area (Å²) in [5, 5.41) is 0.440. The summed E-state index contributed by atoms with van der Waals surface area (Å²) in [6.07, 6.45) is 0. The molecular weight excluding hydrogens is 354 g/mol. The van der Waals surface area contributed by atoms with Crippen molar-refractivity contribution in [2.24, 2.45) is 0 Å². The number of ether oxygens (including phenoxy) is 1. The molecule has 0 bridgehead atoms. The van der Waals surface area contributed by atoms with Crippen molar-refractivity contribution in [3.8, 4) is 17.1 Å². The van der Waals surface area contributed by atoms with Crippen molar-refractivity contribution in [1.82, 2.24) is 4.90 Å². The molecule has 0 N–H and O–H groups in total. The van der Waals surface area contributed by atoms with Gasteiger partial charge in [-0.1, -0.05) is 0 Å². The molecule has 2 aromatic carbocycles. The van der Waals surface area contributed by atoms with Gasteiger partial charge in [0.1, 0.15) is 23.7 Å². The molecule has 0 fully saturated rings. The molecule has 5 heteroatoms. The summed E-state index contributed by atoms with van der Waals surface area (Å²) in [7, 11) is 3.99. The van der Waals surface area contributed by atoms with Crippen LogP contribution in [0, 0.1) is 13.8 Å². The van der Waals surface area contributed by atoms with E-state index < -0.39 is 0 Å². The normalized spacial score (nSPS) is 11.2. The molecule has 1 aromatic heterocycles. The highest BCUT2D eigenvalue weighted by molar-refractivity contribution is 6.05. The lowest BCUT2D eigenvalue weighted by molar-refractivity contribution is 0.101. The van der Waals surface area contributed by atoms with Crippen LogP contribution in [0.4, 0.5) is 0 Å². The van der Waals surface area contributed by atoms with Crippen molar-refractivity contribution in [3.05, 3.63) is 63.3 Å². The fourth-order valence-corrected chi connectivity index (χ4v) is 3.12. The zero-order valence-electron chi connectivity index (χ0n) is 17.0. The molecule has 3 rings (SSSR count). The Balaban J connectivity index is 2.05. The number of aryl methyl sites for hydroxylation is 1. The largest absolute Gasteiger partial charge is 0.492 e. The van der Waals surface area contributed by atoms with Crippen LogP contribution in [0.15, 0.2) is 45.6 Å². The number of benzene rings is 2. The minimum Gasteiger partial charge on any atom is -0.492 e. The maximum Gasteiger partial charge on any atom is 0.196 e. The Bertz CT molecular complexity index is 1080. The van der Waals surface area contributed by atoms with Gasteiger partial charge in [0.2, 0.25) is 0 Å². The third-order valence-electron chi connectivity index (χ3n) is 4.67. The molecule has 5 nitrogen and oxygen atoms in total. The van der Waals surface area contributed by atoms with Crippen LogP contribution in [-0.2, 0) is 0 Å². The van der Waals surface area contributed by atoms with Crippen molar-refractivity contribution < 1.29 is 13.9 Å². The Morgan fingerprint density at radius 1 is 1.11 bits per heavy atom. The Labute approximate surface area is 164 Å². The van der Waals surface area contributed by atoms with Crippen LogP contribution >= 0.6 is 0 Å². The Kier molecular flexibility index (Phi) is 5.66. The third-order valence-corrected chi connectivity index (χ3v) is 4.67. The molecule has 0 spiro atoms. The highest BCUT2D eigenvalue weighted by Crippen LogP contribution is 2.29. The highest BCUT2D eigenvalue weighted by Gasteiger charge is 2.17. The summed E-state index contributed by atoms with van der Waals surface area (Å²) >= 11 is 0. The maximum atomic E-state index is 12.9. The Morgan fingerprint density at radius 3 is 2.39 bits per heavy atom. The number of ketones is 1. The SMILES string of the molecule is CC(=O)c1cc(C)cc2c(=O)c(C)c(-c3ccc(OCCN(C)C)cc3)oc12. The average Bonchev–Trinajstić information content (AvgIpc) is 2.65. The molecule has 28 heavy (non-hydrogen) atoms. The predicted octanol–water partition coefficient (Wildman–Crippen LogP) is 4.22. The molecule has 146 valence electrons. The van der Waals surface area contributed by atoms with Gasteiger partial charge in [-0.2, -0.15) is 0 Å². The van der Waals surface area contributed by atoms with Crippen LogP contribution in [0.3, 0.4) is 0 Å². The molecule has 0 atom stereocenters. The molecule has 0 saturated heterocycles. The second-order valence-electron chi connectivity index (χ2n) is 7.31. The smallest absolute Gasteiger partial charge is 0.196 e. The Hall–Kier alpha value is -2.92. The van der Waals surface area contributed by atoms with Gasteiger partial charge in [-0.3, -0.25) is 9.59 Å². The zero-order chi connectivity index (χ0) is 20.4. The number of likely N-dealkylation sites (N-methyl/N-ethyl adjacent to an activating group) is 1. The van der Waals surface area contributed by atoms with Gasteiger partial charge >= 0.3 is 0 Å². The topological polar surface area (TPSA) is 59.8 Å².